The standard InChI is InChI=1S/C19H19FN6O8S.C6H15N/c1-9(27)33-15-12(6-32-35(30,31)25-18(29)10-4-2-3-5-11(10)28)34-19(13(15)20)26-8-24-14-16(21)22-7-23-17(14)26;1-4-7(5-2)6-3/h2-5,7-8,12-13,15,19,28H,6H2,1H3,(H,25,29)(H2,21,22,23);4-6H2,1-3H3/t12-,13-,15-,19-;/m1./s1. The topological polar surface area (TPSA) is 201 Å². The number of phenolic OH excluding ortho intramolecular Hbond substituents is 1. The number of imidazole rings is 1. The minimum Gasteiger partial charge on any atom is -0.507 e. The number of alkyl halides is 1. The molecule has 1 aliphatic rings. The fourth-order valence-corrected chi connectivity index (χ4v) is 4.84. The summed E-state index contributed by atoms with van der Waals surface area (Å²) in [4.78, 5) is 37.9. The van der Waals surface area contributed by atoms with Gasteiger partial charge in [0.15, 0.2) is 30.0 Å². The van der Waals surface area contributed by atoms with Crippen molar-refractivity contribution in [3.63, 3.8) is 0 Å². The zero-order chi connectivity index (χ0) is 31.0. The largest absolute Gasteiger partial charge is 0.507 e. The molecule has 4 N–H and O–H groups in total. The van der Waals surface area contributed by atoms with Crippen LogP contribution in [0.3, 0.4) is 0 Å². The van der Waals surface area contributed by atoms with Crippen molar-refractivity contribution in [3.8, 4) is 5.75 Å². The molecule has 42 heavy (non-hydrogen) atoms. The molecule has 0 saturated carbocycles. The second kappa shape index (κ2) is 14.3. The van der Waals surface area contributed by atoms with Crippen LogP contribution in [-0.4, -0.2) is 94.4 Å². The van der Waals surface area contributed by atoms with Gasteiger partial charge >= 0.3 is 16.3 Å². The first-order valence-electron chi connectivity index (χ1n) is 13.0. The van der Waals surface area contributed by atoms with Crippen LogP contribution in [0, 0.1) is 0 Å². The van der Waals surface area contributed by atoms with Gasteiger partial charge in [0.2, 0.25) is 0 Å². The Morgan fingerprint density at radius 1 is 1.17 bits per heavy atom. The van der Waals surface area contributed by atoms with Crippen LogP contribution in [0.4, 0.5) is 10.2 Å². The Labute approximate surface area is 242 Å². The minimum atomic E-state index is -4.72. The number of hydrogen-bond donors (Lipinski definition) is 3. The number of rotatable bonds is 10. The summed E-state index contributed by atoms with van der Waals surface area (Å²) in [7, 11) is -4.72. The van der Waals surface area contributed by atoms with Gasteiger partial charge in [0.25, 0.3) is 5.91 Å². The van der Waals surface area contributed by atoms with E-state index >= 15 is 4.39 Å². The van der Waals surface area contributed by atoms with E-state index in [-0.39, 0.29) is 22.5 Å². The number of nitrogens with one attached hydrogen (secondary N) is 1. The quantitative estimate of drug-likeness (QED) is 0.277. The number of aromatic nitrogens is 4. The van der Waals surface area contributed by atoms with Gasteiger partial charge in [-0.25, -0.2) is 24.1 Å². The van der Waals surface area contributed by atoms with Gasteiger partial charge in [0.05, 0.1) is 18.5 Å². The predicted molar refractivity (Wildman–Crippen MR) is 148 cm³/mol. The maximum atomic E-state index is 15.3. The summed E-state index contributed by atoms with van der Waals surface area (Å²) in [5.74, 6) is -2.40. The lowest BCUT2D eigenvalue weighted by Crippen LogP contribution is -2.39. The Morgan fingerprint density at radius 3 is 2.43 bits per heavy atom. The summed E-state index contributed by atoms with van der Waals surface area (Å²) in [5, 5.41) is 9.71. The second-order valence-corrected chi connectivity index (χ2v) is 10.3. The summed E-state index contributed by atoms with van der Waals surface area (Å²) < 4.78 is 58.1. The summed E-state index contributed by atoms with van der Waals surface area (Å²) in [6.07, 6.45) is -4.01. The van der Waals surface area contributed by atoms with E-state index in [9.17, 15) is 23.1 Å². The fraction of sp³-hybridized carbons (Fsp3) is 0.480. The smallest absolute Gasteiger partial charge is 0.362 e. The number of hydrogen-bond acceptors (Lipinski definition) is 13. The molecule has 3 aromatic rings. The molecule has 1 aromatic carbocycles. The lowest BCUT2D eigenvalue weighted by molar-refractivity contribution is -0.151. The molecule has 0 radical (unpaired) electrons. The van der Waals surface area contributed by atoms with Crippen molar-refractivity contribution < 1.29 is 41.2 Å². The van der Waals surface area contributed by atoms with E-state index in [0.717, 1.165) is 13.3 Å². The summed E-state index contributed by atoms with van der Waals surface area (Å²) in [6, 6.07) is 5.24. The lowest BCUT2D eigenvalue weighted by Gasteiger charge is -2.18. The molecule has 15 nitrogen and oxygen atoms in total. The molecular weight excluding hydrogens is 577 g/mol. The molecule has 230 valence electrons. The Hall–Kier alpha value is -3.93. The van der Waals surface area contributed by atoms with Crippen LogP contribution >= 0.6 is 0 Å². The van der Waals surface area contributed by atoms with E-state index in [1.165, 1.54) is 54.8 Å². The molecule has 1 saturated heterocycles. The number of nitrogen functional groups attached to an aromatic ring is 1. The molecule has 1 aliphatic heterocycles. The number of ether oxygens (including phenoxy) is 2. The molecule has 0 bridgehead atoms. The van der Waals surface area contributed by atoms with Crippen LogP contribution in [0.2, 0.25) is 0 Å². The highest BCUT2D eigenvalue weighted by Crippen LogP contribution is 2.36. The predicted octanol–water partition coefficient (Wildman–Crippen LogP) is 1.32. The van der Waals surface area contributed by atoms with Crippen LogP contribution < -0.4 is 10.5 Å². The average Bonchev–Trinajstić information content (AvgIpc) is 3.50. The fourth-order valence-electron chi connectivity index (χ4n) is 4.13. The molecular formula is C25H34FN7O8S. The van der Waals surface area contributed by atoms with Crippen molar-refractivity contribution >= 4 is 39.2 Å². The van der Waals surface area contributed by atoms with Crippen LogP contribution in [-0.2, 0) is 28.8 Å². The molecule has 0 spiro atoms. The number of fused-ring (bicyclic) bond motifs is 1. The van der Waals surface area contributed by atoms with E-state index in [4.69, 9.17) is 19.4 Å². The number of anilines is 1. The first-order valence-corrected chi connectivity index (χ1v) is 14.4. The van der Waals surface area contributed by atoms with Crippen molar-refractivity contribution in [3.05, 3.63) is 42.5 Å². The number of aromatic hydroxyl groups is 1. The molecule has 2 aromatic heterocycles. The van der Waals surface area contributed by atoms with E-state index < -0.39 is 59.1 Å². The highest BCUT2D eigenvalue weighted by atomic mass is 32.2. The highest BCUT2D eigenvalue weighted by Gasteiger charge is 2.49. The average molecular weight is 612 g/mol. The normalized spacial score (nSPS) is 20.2. The first kappa shape index (κ1) is 32.6. The maximum Gasteiger partial charge on any atom is 0.362 e. The van der Waals surface area contributed by atoms with Gasteiger partial charge in [-0.1, -0.05) is 32.9 Å². The van der Waals surface area contributed by atoms with Gasteiger partial charge in [-0.3, -0.25) is 18.3 Å². The molecule has 0 unspecified atom stereocenters. The lowest BCUT2D eigenvalue weighted by atomic mass is 10.1. The zero-order valence-electron chi connectivity index (χ0n) is 23.5. The Kier molecular flexibility index (Phi) is 11.1. The number of nitrogens with zero attached hydrogens (tertiary/aromatic N) is 5. The van der Waals surface area contributed by atoms with Crippen LogP contribution in [0.5, 0.6) is 5.75 Å². The van der Waals surface area contributed by atoms with E-state index in [0.29, 0.717) is 0 Å². The monoisotopic (exact) mass is 611 g/mol. The molecule has 4 atom stereocenters. The number of nitrogens with two attached hydrogens (primary N) is 1. The van der Waals surface area contributed by atoms with Gasteiger partial charge in [-0.05, 0) is 31.8 Å². The first-order chi connectivity index (χ1) is 19.9. The van der Waals surface area contributed by atoms with Gasteiger partial charge in [-0.2, -0.15) is 8.42 Å². The molecule has 4 rings (SSSR count). The third kappa shape index (κ3) is 7.87. The molecule has 17 heteroatoms. The van der Waals surface area contributed by atoms with Gasteiger partial charge in [-0.15, -0.1) is 0 Å². The van der Waals surface area contributed by atoms with Gasteiger partial charge in [0.1, 0.15) is 23.7 Å². The minimum absolute atomic E-state index is 0.0462. The number of halogens is 1. The molecule has 3 heterocycles. The van der Waals surface area contributed by atoms with Crippen molar-refractivity contribution in [1.29, 1.82) is 0 Å². The molecule has 1 amide bonds. The maximum absolute atomic E-state index is 15.3. The van der Waals surface area contributed by atoms with Crippen LogP contribution in [0.25, 0.3) is 11.2 Å². The van der Waals surface area contributed by atoms with Gasteiger partial charge in [0, 0.05) is 6.92 Å². The van der Waals surface area contributed by atoms with Crippen molar-refractivity contribution in [1.82, 2.24) is 29.1 Å². The van der Waals surface area contributed by atoms with E-state index in [1.807, 2.05) is 0 Å². The Morgan fingerprint density at radius 2 is 1.83 bits per heavy atom. The Balaban J connectivity index is 0.000000616. The summed E-state index contributed by atoms with van der Waals surface area (Å²) in [5.41, 5.74) is 5.75. The molecule has 0 aliphatic carbocycles. The SMILES string of the molecule is CC(=O)O[C@H]1[C@@H](F)[C@H](n2cnc3c(N)ncnc32)O[C@@H]1COS(=O)(=O)NC(=O)c1ccccc1O.CCN(CC)CC. The van der Waals surface area contributed by atoms with Gasteiger partial charge < -0.3 is 25.2 Å². The Bertz CT molecular complexity index is 1480. The van der Waals surface area contributed by atoms with Crippen molar-refractivity contribution in [2.75, 3.05) is 32.0 Å². The number of benzene rings is 1. The zero-order valence-corrected chi connectivity index (χ0v) is 24.3. The summed E-state index contributed by atoms with van der Waals surface area (Å²) in [6.45, 7) is 10.4. The summed E-state index contributed by atoms with van der Waals surface area (Å²) >= 11 is 0. The number of esters is 1. The van der Waals surface area contributed by atoms with Crippen molar-refractivity contribution in [2.45, 2.75) is 52.3 Å². The van der Waals surface area contributed by atoms with Crippen LogP contribution in [0.15, 0.2) is 36.9 Å². The number of amides is 1. The van der Waals surface area contributed by atoms with Crippen molar-refractivity contribution in [2.24, 2.45) is 0 Å². The number of carbonyl (C=O) groups excluding carboxylic acids is 2. The number of para-hydroxylation sites is 1. The number of phenols is 1. The third-order valence-electron chi connectivity index (χ3n) is 6.33. The second-order valence-electron chi connectivity index (χ2n) is 8.97. The van der Waals surface area contributed by atoms with E-state index in [2.05, 4.69) is 40.6 Å². The highest BCUT2D eigenvalue weighted by molar-refractivity contribution is 7.85. The van der Waals surface area contributed by atoms with Crippen LogP contribution in [0.1, 0.15) is 44.3 Å². The molecule has 1 fully saturated rings. The van der Waals surface area contributed by atoms with E-state index in [1.54, 1.807) is 4.72 Å². The number of carbonyl (C=O) groups is 2. The third-order valence-corrected chi connectivity index (χ3v) is 7.21.